The van der Waals surface area contributed by atoms with Gasteiger partial charge in [-0.3, -0.25) is 4.98 Å². The van der Waals surface area contributed by atoms with Gasteiger partial charge >= 0.3 is 0 Å². The molecule has 88 valence electrons. The molecule has 3 heteroatoms. The molecule has 2 nitrogen and oxygen atoms in total. The van der Waals surface area contributed by atoms with Crippen LogP contribution in [0.3, 0.4) is 0 Å². The van der Waals surface area contributed by atoms with Gasteiger partial charge in [0.25, 0.3) is 0 Å². The molecule has 1 N–H and O–H groups in total. The lowest BCUT2D eigenvalue weighted by atomic mass is 9.88. The highest BCUT2D eigenvalue weighted by Crippen LogP contribution is 2.27. The second-order valence-corrected chi connectivity index (χ2v) is 4.05. The molecule has 0 aliphatic rings. The molecule has 2 aromatic rings. The van der Waals surface area contributed by atoms with Crippen LogP contribution in [0.1, 0.15) is 24.0 Å². The maximum atomic E-state index is 12.9. The number of aliphatic hydroxyl groups excluding tert-OH is 1. The zero-order valence-corrected chi connectivity index (χ0v) is 9.55. The van der Waals surface area contributed by atoms with Gasteiger partial charge in [-0.1, -0.05) is 12.1 Å². The predicted octanol–water partition coefficient (Wildman–Crippen LogP) is 2.73. The van der Waals surface area contributed by atoms with E-state index in [2.05, 4.69) is 4.98 Å². The Kier molecular flexibility index (Phi) is 3.49. The third-order valence-corrected chi connectivity index (χ3v) is 2.78. The van der Waals surface area contributed by atoms with Gasteiger partial charge in [0, 0.05) is 18.3 Å². The van der Waals surface area contributed by atoms with Crippen LogP contribution >= 0.6 is 0 Å². The zero-order valence-electron chi connectivity index (χ0n) is 9.55. The topological polar surface area (TPSA) is 33.1 Å². The Balaban J connectivity index is 2.39. The Morgan fingerprint density at radius 1 is 1.00 bits per heavy atom. The molecule has 1 aromatic carbocycles. The maximum absolute atomic E-state index is 12.9. The number of hydrogen-bond acceptors (Lipinski definition) is 2. The number of nitrogens with zero attached hydrogens (tertiary/aromatic N) is 1. The summed E-state index contributed by atoms with van der Waals surface area (Å²) in [4.78, 5) is 3.95. The van der Waals surface area contributed by atoms with Gasteiger partial charge in [-0.05, 0) is 42.3 Å². The van der Waals surface area contributed by atoms with Crippen molar-refractivity contribution < 1.29 is 9.50 Å². The summed E-state index contributed by atoms with van der Waals surface area (Å²) in [6.07, 6.45) is 2.84. The van der Waals surface area contributed by atoms with Crippen molar-refractivity contribution in [3.05, 3.63) is 65.7 Å². The highest BCUT2D eigenvalue weighted by atomic mass is 19.1. The summed E-state index contributed by atoms with van der Waals surface area (Å²) >= 11 is 0. The molecule has 0 saturated heterocycles. The van der Waals surface area contributed by atoms with Crippen molar-refractivity contribution in [2.45, 2.75) is 18.9 Å². The van der Waals surface area contributed by atoms with Crippen LogP contribution in [-0.4, -0.2) is 16.2 Å². The van der Waals surface area contributed by atoms with Crippen molar-refractivity contribution in [2.24, 2.45) is 0 Å². The average molecular weight is 231 g/mol. The molecule has 0 saturated carbocycles. The summed E-state index contributed by atoms with van der Waals surface area (Å²) in [7, 11) is 0. The van der Waals surface area contributed by atoms with Gasteiger partial charge < -0.3 is 5.11 Å². The summed E-state index contributed by atoms with van der Waals surface area (Å²) in [5.41, 5.74) is 1.87. The Labute approximate surface area is 99.8 Å². The lowest BCUT2D eigenvalue weighted by Gasteiger charge is -2.20. The molecule has 0 spiro atoms. The molecule has 0 fully saturated rings. The fourth-order valence-electron chi connectivity index (χ4n) is 1.99. The van der Waals surface area contributed by atoms with E-state index in [1.54, 1.807) is 31.5 Å². The van der Waals surface area contributed by atoms with E-state index >= 15 is 0 Å². The number of aromatic nitrogens is 1. The molecule has 1 heterocycles. The summed E-state index contributed by atoms with van der Waals surface area (Å²) in [5.74, 6) is -0.425. The molecule has 0 aliphatic carbocycles. The van der Waals surface area contributed by atoms with Crippen molar-refractivity contribution in [1.82, 2.24) is 4.98 Å². The van der Waals surface area contributed by atoms with Gasteiger partial charge in [0.1, 0.15) is 5.82 Å². The average Bonchev–Trinajstić information content (AvgIpc) is 2.33. The maximum Gasteiger partial charge on any atom is 0.123 e. The summed E-state index contributed by atoms with van der Waals surface area (Å²) in [5, 5.41) is 9.87. The van der Waals surface area contributed by atoms with Crippen LogP contribution in [0.5, 0.6) is 0 Å². The number of pyridine rings is 1. The Morgan fingerprint density at radius 3 is 2.06 bits per heavy atom. The van der Waals surface area contributed by atoms with Crippen LogP contribution in [0.2, 0.25) is 0 Å². The number of halogens is 1. The SMILES string of the molecule is CC(O)C(c1ccncc1)c1ccc(F)cc1. The second-order valence-electron chi connectivity index (χ2n) is 4.05. The first-order chi connectivity index (χ1) is 8.18. The van der Waals surface area contributed by atoms with Crippen LogP contribution in [0.25, 0.3) is 0 Å². The van der Waals surface area contributed by atoms with E-state index in [0.29, 0.717) is 0 Å². The monoisotopic (exact) mass is 231 g/mol. The van der Waals surface area contributed by atoms with Gasteiger partial charge in [-0.2, -0.15) is 0 Å². The molecule has 0 radical (unpaired) electrons. The number of aliphatic hydroxyl groups is 1. The Morgan fingerprint density at radius 2 is 1.53 bits per heavy atom. The van der Waals surface area contributed by atoms with Crippen molar-refractivity contribution in [2.75, 3.05) is 0 Å². The first-order valence-electron chi connectivity index (χ1n) is 5.52. The number of rotatable bonds is 3. The molecular weight excluding hydrogens is 217 g/mol. The van der Waals surface area contributed by atoms with Crippen molar-refractivity contribution in [1.29, 1.82) is 0 Å². The zero-order chi connectivity index (χ0) is 12.3. The van der Waals surface area contributed by atoms with E-state index < -0.39 is 6.10 Å². The van der Waals surface area contributed by atoms with Gasteiger partial charge in [-0.15, -0.1) is 0 Å². The first kappa shape index (κ1) is 11.7. The van der Waals surface area contributed by atoms with Gasteiger partial charge in [0.05, 0.1) is 6.10 Å². The van der Waals surface area contributed by atoms with Crippen molar-refractivity contribution in [3.63, 3.8) is 0 Å². The summed E-state index contributed by atoms with van der Waals surface area (Å²) in [6.45, 7) is 1.73. The van der Waals surface area contributed by atoms with E-state index in [1.165, 1.54) is 12.1 Å². The van der Waals surface area contributed by atoms with Crippen LogP contribution in [0.4, 0.5) is 4.39 Å². The van der Waals surface area contributed by atoms with E-state index in [0.717, 1.165) is 11.1 Å². The van der Waals surface area contributed by atoms with Crippen LogP contribution in [-0.2, 0) is 0 Å². The van der Waals surface area contributed by atoms with Crippen molar-refractivity contribution in [3.8, 4) is 0 Å². The normalized spacial score (nSPS) is 14.3. The Hall–Kier alpha value is -1.74. The minimum atomic E-state index is -0.539. The van der Waals surface area contributed by atoms with Gasteiger partial charge in [0.15, 0.2) is 0 Å². The molecule has 2 rings (SSSR count). The van der Waals surface area contributed by atoms with E-state index in [9.17, 15) is 9.50 Å². The lowest BCUT2D eigenvalue weighted by molar-refractivity contribution is 0.176. The minimum Gasteiger partial charge on any atom is -0.392 e. The standard InChI is InChI=1S/C14H14FNO/c1-10(17)14(12-6-8-16-9-7-12)11-2-4-13(15)5-3-11/h2-10,14,17H,1H3. The third-order valence-electron chi connectivity index (χ3n) is 2.78. The predicted molar refractivity (Wildman–Crippen MR) is 64.2 cm³/mol. The number of hydrogen-bond donors (Lipinski definition) is 1. The van der Waals surface area contributed by atoms with Crippen LogP contribution in [0, 0.1) is 5.82 Å². The fraction of sp³-hybridized carbons (Fsp3) is 0.214. The summed E-state index contributed by atoms with van der Waals surface area (Å²) < 4.78 is 12.9. The minimum absolute atomic E-state index is 0.154. The number of benzene rings is 1. The van der Waals surface area contributed by atoms with E-state index in [1.807, 2.05) is 12.1 Å². The van der Waals surface area contributed by atoms with Crippen molar-refractivity contribution >= 4 is 0 Å². The lowest BCUT2D eigenvalue weighted by Crippen LogP contribution is -2.16. The fourth-order valence-corrected chi connectivity index (χ4v) is 1.99. The quantitative estimate of drug-likeness (QED) is 0.881. The second kappa shape index (κ2) is 5.06. The van der Waals surface area contributed by atoms with Gasteiger partial charge in [-0.25, -0.2) is 4.39 Å². The third kappa shape index (κ3) is 2.68. The molecule has 0 aliphatic heterocycles. The largest absolute Gasteiger partial charge is 0.392 e. The highest BCUT2D eigenvalue weighted by Gasteiger charge is 2.19. The molecule has 17 heavy (non-hydrogen) atoms. The Bertz CT molecular complexity index is 467. The molecule has 1 aromatic heterocycles. The molecule has 2 unspecified atom stereocenters. The van der Waals surface area contributed by atoms with Gasteiger partial charge in [0.2, 0.25) is 0 Å². The molecule has 0 amide bonds. The van der Waals surface area contributed by atoms with E-state index in [4.69, 9.17) is 0 Å². The van der Waals surface area contributed by atoms with Crippen LogP contribution in [0.15, 0.2) is 48.8 Å². The first-order valence-corrected chi connectivity index (χ1v) is 5.52. The smallest absolute Gasteiger partial charge is 0.123 e. The molecular formula is C14H14FNO. The van der Waals surface area contributed by atoms with E-state index in [-0.39, 0.29) is 11.7 Å². The summed E-state index contributed by atoms with van der Waals surface area (Å²) in [6, 6.07) is 9.94. The molecule has 0 bridgehead atoms. The van der Waals surface area contributed by atoms with Crippen LogP contribution < -0.4 is 0 Å². The molecule has 2 atom stereocenters. The highest BCUT2D eigenvalue weighted by molar-refractivity contribution is 5.32.